The number of hydrogen-bond acceptors (Lipinski definition) is 5. The number of anilines is 1. The van der Waals surface area contributed by atoms with Crippen molar-refractivity contribution in [1.29, 1.82) is 0 Å². The van der Waals surface area contributed by atoms with Crippen molar-refractivity contribution in [2.45, 2.75) is 24.3 Å². The van der Waals surface area contributed by atoms with E-state index in [9.17, 15) is 19.1 Å². The summed E-state index contributed by atoms with van der Waals surface area (Å²) < 4.78 is 18.1. The van der Waals surface area contributed by atoms with Gasteiger partial charge in [-0.15, -0.1) is 11.8 Å². The van der Waals surface area contributed by atoms with Gasteiger partial charge < -0.3 is 14.8 Å². The van der Waals surface area contributed by atoms with Gasteiger partial charge in [0.15, 0.2) is 0 Å². The quantitative estimate of drug-likeness (QED) is 0.515. The van der Waals surface area contributed by atoms with Gasteiger partial charge in [0.2, 0.25) is 0 Å². The summed E-state index contributed by atoms with van der Waals surface area (Å²) in [6.07, 6.45) is 0. The van der Waals surface area contributed by atoms with E-state index in [1.807, 2.05) is 0 Å². The lowest BCUT2D eigenvalue weighted by Gasteiger charge is -2.22. The molecule has 2 N–H and O–H groups in total. The highest BCUT2D eigenvalue weighted by Gasteiger charge is 2.30. The van der Waals surface area contributed by atoms with Gasteiger partial charge >= 0.3 is 5.63 Å². The van der Waals surface area contributed by atoms with E-state index in [1.165, 1.54) is 36.9 Å². The summed E-state index contributed by atoms with van der Waals surface area (Å²) in [6, 6.07) is 12.2. The maximum atomic E-state index is 12.9. The average molecular weight is 387 g/mol. The van der Waals surface area contributed by atoms with Crippen LogP contribution in [0.3, 0.4) is 0 Å². The standard InChI is InChI=1S/C20H18FNO4S/c1-12-9-18(23)26-17-10-14(5-8-16(12)17)22-19(24)20(2,25)11-27-15-6-3-13(21)4-7-15/h3-10,25H,11H2,1-2H3,(H,22,24)/t20-/m0/s1. The van der Waals surface area contributed by atoms with E-state index in [-0.39, 0.29) is 11.6 Å². The van der Waals surface area contributed by atoms with Crippen molar-refractivity contribution in [1.82, 2.24) is 0 Å². The molecule has 5 nitrogen and oxygen atoms in total. The minimum absolute atomic E-state index is 0.0895. The van der Waals surface area contributed by atoms with Crippen LogP contribution in [0.1, 0.15) is 12.5 Å². The molecule has 0 unspecified atom stereocenters. The highest BCUT2D eigenvalue weighted by Crippen LogP contribution is 2.25. The van der Waals surface area contributed by atoms with E-state index in [0.717, 1.165) is 15.8 Å². The van der Waals surface area contributed by atoms with Gasteiger partial charge in [-0.05, 0) is 55.8 Å². The number of rotatable bonds is 5. The Morgan fingerprint density at radius 1 is 1.22 bits per heavy atom. The first-order chi connectivity index (χ1) is 12.7. The second kappa shape index (κ2) is 7.54. The van der Waals surface area contributed by atoms with E-state index in [1.54, 1.807) is 37.3 Å². The molecule has 0 radical (unpaired) electrons. The van der Waals surface area contributed by atoms with Gasteiger partial charge in [0.25, 0.3) is 5.91 Å². The number of thioether (sulfide) groups is 1. The van der Waals surface area contributed by atoms with Gasteiger partial charge in [-0.3, -0.25) is 4.79 Å². The minimum atomic E-state index is -1.65. The number of nitrogens with one attached hydrogen (secondary N) is 1. The topological polar surface area (TPSA) is 79.5 Å². The monoisotopic (exact) mass is 387 g/mol. The Kier molecular flexibility index (Phi) is 5.34. The van der Waals surface area contributed by atoms with E-state index >= 15 is 0 Å². The first kappa shape index (κ1) is 19.1. The lowest BCUT2D eigenvalue weighted by Crippen LogP contribution is -2.42. The fourth-order valence-electron chi connectivity index (χ4n) is 2.49. The van der Waals surface area contributed by atoms with E-state index in [2.05, 4.69) is 5.32 Å². The highest BCUT2D eigenvalue weighted by molar-refractivity contribution is 7.99. The second-order valence-corrected chi connectivity index (χ2v) is 7.48. The first-order valence-corrected chi connectivity index (χ1v) is 9.20. The van der Waals surface area contributed by atoms with Gasteiger partial charge in [0.1, 0.15) is 17.0 Å². The van der Waals surface area contributed by atoms with Crippen molar-refractivity contribution in [3.05, 3.63) is 70.3 Å². The number of amides is 1. The maximum Gasteiger partial charge on any atom is 0.336 e. The molecule has 1 atom stereocenters. The fraction of sp³-hybridized carbons (Fsp3) is 0.200. The summed E-state index contributed by atoms with van der Waals surface area (Å²) >= 11 is 1.24. The Balaban J connectivity index is 1.72. The van der Waals surface area contributed by atoms with Crippen LogP contribution in [-0.2, 0) is 4.79 Å². The van der Waals surface area contributed by atoms with Crippen molar-refractivity contribution in [3.8, 4) is 0 Å². The van der Waals surface area contributed by atoms with Crippen LogP contribution >= 0.6 is 11.8 Å². The Hall–Kier alpha value is -2.64. The normalized spacial score (nSPS) is 13.3. The third kappa shape index (κ3) is 4.56. The van der Waals surface area contributed by atoms with Gasteiger partial charge in [0, 0.05) is 33.9 Å². The lowest BCUT2D eigenvalue weighted by atomic mass is 10.1. The molecular weight excluding hydrogens is 369 g/mol. The molecule has 0 bridgehead atoms. The zero-order valence-corrected chi connectivity index (χ0v) is 15.6. The maximum absolute atomic E-state index is 12.9. The smallest absolute Gasteiger partial charge is 0.336 e. The zero-order valence-electron chi connectivity index (χ0n) is 14.8. The largest absolute Gasteiger partial charge is 0.423 e. The number of benzene rings is 2. The Morgan fingerprint density at radius 3 is 2.63 bits per heavy atom. The summed E-state index contributed by atoms with van der Waals surface area (Å²) in [5, 5.41) is 13.9. The van der Waals surface area contributed by atoms with Crippen LogP contribution in [0, 0.1) is 12.7 Å². The average Bonchev–Trinajstić information content (AvgIpc) is 2.60. The van der Waals surface area contributed by atoms with Gasteiger partial charge in [0.05, 0.1) is 0 Å². The van der Waals surface area contributed by atoms with Crippen LogP contribution in [-0.4, -0.2) is 22.4 Å². The molecule has 1 aromatic heterocycles. The molecule has 140 valence electrons. The number of carbonyl (C=O) groups excluding carboxylic acids is 1. The van der Waals surface area contributed by atoms with Crippen molar-refractivity contribution >= 4 is 34.3 Å². The number of hydrogen-bond donors (Lipinski definition) is 2. The Morgan fingerprint density at radius 2 is 1.93 bits per heavy atom. The molecule has 0 aliphatic heterocycles. The summed E-state index contributed by atoms with van der Waals surface area (Å²) in [6.45, 7) is 3.21. The predicted octanol–water partition coefficient (Wildman–Crippen LogP) is 3.72. The Bertz CT molecular complexity index is 1040. The number of carbonyl (C=O) groups is 1. The summed E-state index contributed by atoms with van der Waals surface area (Å²) in [5.41, 5.74) is -0.569. The van der Waals surface area contributed by atoms with E-state index in [4.69, 9.17) is 4.42 Å². The first-order valence-electron chi connectivity index (χ1n) is 8.21. The van der Waals surface area contributed by atoms with E-state index < -0.39 is 17.1 Å². The summed E-state index contributed by atoms with van der Waals surface area (Å²) in [4.78, 5) is 24.7. The second-order valence-electron chi connectivity index (χ2n) is 6.43. The van der Waals surface area contributed by atoms with Crippen LogP contribution < -0.4 is 10.9 Å². The lowest BCUT2D eigenvalue weighted by molar-refractivity contribution is -0.130. The van der Waals surface area contributed by atoms with Crippen molar-refractivity contribution < 1.29 is 18.7 Å². The molecule has 3 aromatic rings. The van der Waals surface area contributed by atoms with Gasteiger partial charge in [-0.25, -0.2) is 9.18 Å². The van der Waals surface area contributed by atoms with Gasteiger partial charge in [-0.2, -0.15) is 0 Å². The Labute approximate surface area is 159 Å². The third-order valence-corrected chi connectivity index (χ3v) is 5.34. The van der Waals surface area contributed by atoms with Crippen molar-refractivity contribution in [2.75, 3.05) is 11.1 Å². The van der Waals surface area contributed by atoms with Crippen LogP contribution in [0.2, 0.25) is 0 Å². The zero-order chi connectivity index (χ0) is 19.6. The SMILES string of the molecule is Cc1cc(=O)oc2cc(NC(=O)[C@@](C)(O)CSc3ccc(F)cc3)ccc12. The molecule has 0 saturated carbocycles. The van der Waals surface area contributed by atoms with E-state index in [0.29, 0.717) is 11.3 Å². The number of fused-ring (bicyclic) bond motifs is 1. The molecular formula is C20H18FNO4S. The number of halogens is 1. The minimum Gasteiger partial charge on any atom is -0.423 e. The molecule has 0 aliphatic carbocycles. The molecule has 3 rings (SSSR count). The number of aliphatic hydroxyl groups is 1. The molecule has 1 heterocycles. The molecule has 0 fully saturated rings. The van der Waals surface area contributed by atoms with Crippen molar-refractivity contribution in [3.63, 3.8) is 0 Å². The number of aryl methyl sites for hydroxylation is 1. The molecule has 0 spiro atoms. The highest BCUT2D eigenvalue weighted by atomic mass is 32.2. The molecule has 0 aliphatic rings. The molecule has 0 saturated heterocycles. The third-order valence-electron chi connectivity index (χ3n) is 4.03. The summed E-state index contributed by atoms with van der Waals surface area (Å²) in [7, 11) is 0. The van der Waals surface area contributed by atoms with Crippen LogP contribution in [0.5, 0.6) is 0 Å². The molecule has 2 aromatic carbocycles. The fourth-order valence-corrected chi connectivity index (χ4v) is 3.40. The van der Waals surface area contributed by atoms with Crippen LogP contribution in [0.25, 0.3) is 11.0 Å². The molecule has 7 heteroatoms. The van der Waals surface area contributed by atoms with Gasteiger partial charge in [-0.1, -0.05) is 0 Å². The van der Waals surface area contributed by atoms with Crippen LogP contribution in [0.15, 0.2) is 62.6 Å². The summed E-state index contributed by atoms with van der Waals surface area (Å²) in [5.74, 6) is -0.847. The predicted molar refractivity (Wildman–Crippen MR) is 104 cm³/mol. The van der Waals surface area contributed by atoms with Crippen molar-refractivity contribution in [2.24, 2.45) is 0 Å². The van der Waals surface area contributed by atoms with Crippen LogP contribution in [0.4, 0.5) is 10.1 Å². The molecule has 1 amide bonds. The molecule has 27 heavy (non-hydrogen) atoms.